The summed E-state index contributed by atoms with van der Waals surface area (Å²) in [4.78, 5) is 7.41. The number of para-hydroxylation sites is 3. The second kappa shape index (κ2) is 18.0. The predicted molar refractivity (Wildman–Crippen MR) is 326 cm³/mol. The summed E-state index contributed by atoms with van der Waals surface area (Å²) in [6, 6.07) is 76.0. The van der Waals surface area contributed by atoms with E-state index in [0.717, 1.165) is 45.1 Å². The van der Waals surface area contributed by atoms with E-state index < -0.39 is 0 Å². The van der Waals surface area contributed by atoms with E-state index in [1.54, 1.807) is 0 Å². The molecule has 0 bridgehead atoms. The molecule has 12 aromatic rings. The normalized spacial score (nSPS) is 12.9. The minimum atomic E-state index is -0.0574. The molecule has 0 saturated carbocycles. The van der Waals surface area contributed by atoms with Crippen molar-refractivity contribution >= 4 is 76.5 Å². The van der Waals surface area contributed by atoms with Gasteiger partial charge in [0.15, 0.2) is 0 Å². The van der Waals surface area contributed by atoms with Crippen LogP contribution >= 0.6 is 0 Å². The average molecular weight is 1000 g/mol. The van der Waals surface area contributed by atoms with Crippen LogP contribution in [-0.4, -0.2) is 14.1 Å². The zero-order valence-electron chi connectivity index (χ0n) is 45.6. The first-order valence-corrected chi connectivity index (χ1v) is 27.1. The van der Waals surface area contributed by atoms with Crippen LogP contribution in [0.3, 0.4) is 0 Å². The van der Waals surface area contributed by atoms with E-state index in [9.17, 15) is 0 Å². The Morgan fingerprint density at radius 1 is 0.390 bits per heavy atom. The molecule has 378 valence electrons. The van der Waals surface area contributed by atoms with E-state index in [-0.39, 0.29) is 16.2 Å². The summed E-state index contributed by atoms with van der Waals surface area (Å²) < 4.78 is 11.8. The fraction of sp³-hybridized carbons (Fsp3) is 0.181. The van der Waals surface area contributed by atoms with Crippen molar-refractivity contribution in [2.45, 2.75) is 85.2 Å². The second-order valence-electron chi connectivity index (χ2n) is 24.1. The Morgan fingerprint density at radius 2 is 0.987 bits per heavy atom. The van der Waals surface area contributed by atoms with E-state index >= 15 is 0 Å². The maximum atomic E-state index is 6.95. The highest BCUT2D eigenvalue weighted by molar-refractivity contribution is 6.22. The summed E-state index contributed by atoms with van der Waals surface area (Å²) in [5.74, 6) is 2.41. The van der Waals surface area contributed by atoms with Crippen molar-refractivity contribution in [1.29, 1.82) is 0 Å². The molecule has 0 aliphatic carbocycles. The molecule has 0 amide bonds. The molecular formula is C72H64N4O. The van der Waals surface area contributed by atoms with Crippen LogP contribution in [0.4, 0.5) is 11.4 Å². The first-order valence-electron chi connectivity index (χ1n) is 27.1. The van der Waals surface area contributed by atoms with E-state index in [1.807, 2.05) is 6.20 Å². The Balaban J connectivity index is 1.03. The van der Waals surface area contributed by atoms with Crippen LogP contribution in [0.1, 0.15) is 79.0 Å². The van der Waals surface area contributed by atoms with Crippen molar-refractivity contribution in [3.63, 3.8) is 0 Å². The maximum Gasteiger partial charge on any atom is 0.137 e. The lowest BCUT2D eigenvalue weighted by atomic mass is 9.78. The summed E-state index contributed by atoms with van der Waals surface area (Å²) in [6.45, 7) is 21.3. The van der Waals surface area contributed by atoms with Crippen molar-refractivity contribution in [3.8, 4) is 39.6 Å². The molecule has 77 heavy (non-hydrogen) atoms. The SMILES string of the molecule is CC(C)(C)c1cc(-c2cccc3c4ccccc4c4cc(-c5ccccc5)ccc4c4cccc5c4n(c23)CN5c2cccc(Oc3ccc4c5ccccc5n(-c5cc(C(C)(C)C)ccn5)c4c3)c2)cc(C(C)(C)C)c1. The maximum absolute atomic E-state index is 6.95. The summed E-state index contributed by atoms with van der Waals surface area (Å²) >= 11 is 0. The molecule has 0 N–H and O–H groups in total. The van der Waals surface area contributed by atoms with Crippen molar-refractivity contribution < 1.29 is 4.74 Å². The number of ether oxygens (including phenoxy) is 1. The van der Waals surface area contributed by atoms with Crippen LogP contribution in [0.5, 0.6) is 11.5 Å². The molecule has 1 aliphatic rings. The van der Waals surface area contributed by atoms with Crippen LogP contribution in [0.2, 0.25) is 0 Å². The van der Waals surface area contributed by atoms with Gasteiger partial charge in [-0.3, -0.25) is 4.57 Å². The Hall–Kier alpha value is -8.67. The highest BCUT2D eigenvalue weighted by atomic mass is 16.5. The van der Waals surface area contributed by atoms with Crippen LogP contribution < -0.4 is 9.64 Å². The molecule has 13 rings (SSSR count). The third kappa shape index (κ3) is 8.37. The van der Waals surface area contributed by atoms with Crippen molar-refractivity contribution in [3.05, 3.63) is 229 Å². The van der Waals surface area contributed by atoms with E-state index in [1.165, 1.54) is 87.7 Å². The first kappa shape index (κ1) is 48.0. The van der Waals surface area contributed by atoms with E-state index in [0.29, 0.717) is 6.67 Å². The van der Waals surface area contributed by atoms with Crippen molar-refractivity contribution in [2.75, 3.05) is 4.90 Å². The van der Waals surface area contributed by atoms with Gasteiger partial charge in [-0.25, -0.2) is 4.98 Å². The molecule has 9 aromatic carbocycles. The van der Waals surface area contributed by atoms with Crippen LogP contribution in [0.25, 0.3) is 93.2 Å². The lowest BCUT2D eigenvalue weighted by Gasteiger charge is -2.27. The molecule has 3 aromatic heterocycles. The molecule has 0 spiro atoms. The number of anilines is 2. The largest absolute Gasteiger partial charge is 0.457 e. The van der Waals surface area contributed by atoms with E-state index in [4.69, 9.17) is 9.72 Å². The van der Waals surface area contributed by atoms with Crippen molar-refractivity contribution in [1.82, 2.24) is 14.1 Å². The van der Waals surface area contributed by atoms with Crippen LogP contribution in [0.15, 0.2) is 212 Å². The molecular weight excluding hydrogens is 937 g/mol. The fourth-order valence-corrected chi connectivity index (χ4v) is 11.8. The van der Waals surface area contributed by atoms with Gasteiger partial charge in [0.05, 0.1) is 27.8 Å². The molecule has 5 nitrogen and oxygen atoms in total. The molecule has 0 unspecified atom stereocenters. The molecule has 4 heterocycles. The number of hydrogen-bond donors (Lipinski definition) is 0. The lowest BCUT2D eigenvalue weighted by molar-refractivity contribution is 0.483. The van der Waals surface area contributed by atoms with Gasteiger partial charge in [0.25, 0.3) is 0 Å². The van der Waals surface area contributed by atoms with Gasteiger partial charge in [0.2, 0.25) is 0 Å². The zero-order valence-corrected chi connectivity index (χ0v) is 45.6. The quantitative estimate of drug-likeness (QED) is 0.166. The Labute approximate surface area is 452 Å². The third-order valence-electron chi connectivity index (χ3n) is 15.9. The smallest absolute Gasteiger partial charge is 0.137 e. The number of benzene rings is 9. The Kier molecular flexibility index (Phi) is 11.2. The predicted octanol–water partition coefficient (Wildman–Crippen LogP) is 19.8. The van der Waals surface area contributed by atoms with Crippen LogP contribution in [0, 0.1) is 0 Å². The molecule has 0 atom stereocenters. The third-order valence-corrected chi connectivity index (χ3v) is 15.9. The van der Waals surface area contributed by atoms with E-state index in [2.05, 4.69) is 283 Å². The van der Waals surface area contributed by atoms with Gasteiger partial charge in [0, 0.05) is 51.1 Å². The Morgan fingerprint density at radius 3 is 1.73 bits per heavy atom. The first-order chi connectivity index (χ1) is 37.1. The van der Waals surface area contributed by atoms with Crippen molar-refractivity contribution in [2.24, 2.45) is 0 Å². The second-order valence-corrected chi connectivity index (χ2v) is 24.1. The number of rotatable bonds is 6. The number of fused-ring (bicyclic) bond motifs is 10. The fourth-order valence-electron chi connectivity index (χ4n) is 11.8. The van der Waals surface area contributed by atoms with Gasteiger partial charge >= 0.3 is 0 Å². The highest BCUT2D eigenvalue weighted by Gasteiger charge is 2.28. The standard InChI is InChI=1S/C72H64N4O/c1-70(2,3)49-36-37-73-67(42-49)76-64-30-16-15-26-59(64)60-35-33-54(44-66(60)76)77-53-23-17-22-52(43-53)74-45-75-68-55(48-38-50(71(4,5)6)41-51(39-48)72(7,8)9)27-18-28-61(68)56-24-13-14-25-57(56)63-40-47(46-20-11-10-12-21-46)32-34-58(63)62-29-19-31-65(74)69(62)75/h10-44H,45H2,1-9H3. The topological polar surface area (TPSA) is 35.2 Å². The minimum absolute atomic E-state index is 0.0257. The number of hydrogen-bond acceptors (Lipinski definition) is 3. The molecule has 5 heteroatoms. The summed E-state index contributed by atoms with van der Waals surface area (Å²) in [7, 11) is 0. The minimum Gasteiger partial charge on any atom is -0.457 e. The molecule has 0 radical (unpaired) electrons. The summed E-state index contributed by atoms with van der Waals surface area (Å²) in [5, 5.41) is 9.55. The highest BCUT2D eigenvalue weighted by Crippen LogP contribution is 2.47. The van der Waals surface area contributed by atoms with Crippen LogP contribution in [-0.2, 0) is 22.9 Å². The van der Waals surface area contributed by atoms with Gasteiger partial charge in [-0.05, 0) is 126 Å². The van der Waals surface area contributed by atoms with Gasteiger partial charge in [0.1, 0.15) is 24.0 Å². The van der Waals surface area contributed by atoms with Gasteiger partial charge in [-0.1, -0.05) is 202 Å². The molecule has 0 saturated heterocycles. The summed E-state index contributed by atoms with van der Waals surface area (Å²) in [6.07, 6.45) is 1.93. The number of aromatic nitrogens is 3. The number of nitrogens with zero attached hydrogens (tertiary/aromatic N) is 4. The average Bonchev–Trinajstić information content (AvgIpc) is 4.16. The van der Waals surface area contributed by atoms with Gasteiger partial charge < -0.3 is 14.2 Å². The molecule has 0 fully saturated rings. The summed E-state index contributed by atoms with van der Waals surface area (Å²) in [5.41, 5.74) is 15.3. The number of pyridine rings is 1. The monoisotopic (exact) mass is 1000 g/mol. The van der Waals surface area contributed by atoms with Gasteiger partial charge in [-0.2, -0.15) is 0 Å². The van der Waals surface area contributed by atoms with Gasteiger partial charge in [-0.15, -0.1) is 0 Å². The zero-order chi connectivity index (χ0) is 53.0. The molecule has 1 aliphatic heterocycles. The Bertz CT molecular complexity index is 4370. The lowest BCUT2D eigenvalue weighted by Crippen LogP contribution is -2.17.